The van der Waals surface area contributed by atoms with Crippen molar-refractivity contribution in [1.82, 2.24) is 30.8 Å². The number of aromatic amines is 1. The van der Waals surface area contributed by atoms with Gasteiger partial charge in [-0.3, -0.25) is 0 Å². The molecule has 1 unspecified atom stereocenters. The van der Waals surface area contributed by atoms with Gasteiger partial charge in [-0.15, -0.1) is 10.2 Å². The lowest BCUT2D eigenvalue weighted by atomic mass is 9.98. The summed E-state index contributed by atoms with van der Waals surface area (Å²) in [5, 5.41) is 27.1. The number of aromatic hydroxyl groups is 1. The zero-order valence-electron chi connectivity index (χ0n) is 25.3. The van der Waals surface area contributed by atoms with Gasteiger partial charge in [0.15, 0.2) is 0 Å². The summed E-state index contributed by atoms with van der Waals surface area (Å²) in [5.41, 5.74) is 6.67. The van der Waals surface area contributed by atoms with Gasteiger partial charge >= 0.3 is 12.0 Å². The number of hydrogen-bond acceptors (Lipinski definition) is 7. The molecule has 5 aromatic rings. The van der Waals surface area contributed by atoms with Gasteiger partial charge in [-0.05, 0) is 64.1 Å². The highest BCUT2D eigenvalue weighted by Crippen LogP contribution is 2.30. The van der Waals surface area contributed by atoms with E-state index < -0.39 is 18.0 Å². The minimum Gasteiger partial charge on any atom is -0.508 e. The minimum atomic E-state index is -0.907. The van der Waals surface area contributed by atoms with Gasteiger partial charge in [0.1, 0.15) is 11.8 Å². The van der Waals surface area contributed by atoms with Crippen LogP contribution in [-0.4, -0.2) is 55.3 Å². The fraction of sp³-hybridized carbons (Fsp3) is 0.229. The maximum atomic E-state index is 13.8. The molecule has 0 aliphatic heterocycles. The monoisotopic (exact) mass is 604 g/mol. The number of rotatable bonds is 12. The highest BCUT2D eigenvalue weighted by atomic mass is 16.5. The molecule has 10 heteroatoms. The number of carbonyl (C=O) groups is 2. The average Bonchev–Trinajstić information content (AvgIpc) is 3.61. The number of nitrogens with one attached hydrogen (secondary N) is 2. The van der Waals surface area contributed by atoms with E-state index >= 15 is 0 Å². The second-order valence-corrected chi connectivity index (χ2v) is 10.6. The average molecular weight is 605 g/mol. The Bertz CT molecular complexity index is 1690. The van der Waals surface area contributed by atoms with Gasteiger partial charge < -0.3 is 20.1 Å². The van der Waals surface area contributed by atoms with E-state index in [0.29, 0.717) is 18.9 Å². The van der Waals surface area contributed by atoms with Crippen LogP contribution < -0.4 is 5.32 Å². The van der Waals surface area contributed by atoms with E-state index in [9.17, 15) is 14.7 Å². The molecule has 0 fully saturated rings. The van der Waals surface area contributed by atoms with Crippen molar-refractivity contribution in [2.24, 2.45) is 0 Å². The second-order valence-electron chi connectivity index (χ2n) is 10.6. The number of carbonyl (C=O) groups excluding carboxylic acids is 2. The number of aryl methyl sites for hydroxylation is 1. The summed E-state index contributed by atoms with van der Waals surface area (Å²) in [6.45, 7) is 4.67. The van der Waals surface area contributed by atoms with Crippen LogP contribution in [0.2, 0.25) is 0 Å². The van der Waals surface area contributed by atoms with Crippen molar-refractivity contribution in [3.05, 3.63) is 119 Å². The molecule has 4 aromatic carbocycles. The molecule has 5 rings (SSSR count). The number of phenols is 1. The SMILES string of the molecule is CCOC(=O)C(Cc1ccc(O)cc1)NC(=O)N(Cc1ccc(CC)cc1)Cc1ccc(-c2ccccc2-c2nn[nH]n2)cc1. The van der Waals surface area contributed by atoms with Crippen LogP contribution in [0.3, 0.4) is 0 Å². The lowest BCUT2D eigenvalue weighted by Crippen LogP contribution is -2.49. The molecule has 1 aromatic heterocycles. The Morgan fingerprint density at radius 1 is 0.822 bits per heavy atom. The third kappa shape index (κ3) is 8.11. The molecule has 0 radical (unpaired) electrons. The van der Waals surface area contributed by atoms with Crippen LogP contribution >= 0.6 is 0 Å². The number of tetrazole rings is 1. The normalized spacial score (nSPS) is 11.5. The third-order valence-corrected chi connectivity index (χ3v) is 7.49. The second kappa shape index (κ2) is 14.8. The summed E-state index contributed by atoms with van der Waals surface area (Å²) in [4.78, 5) is 28.5. The fourth-order valence-electron chi connectivity index (χ4n) is 5.06. The van der Waals surface area contributed by atoms with Gasteiger partial charge in [0.25, 0.3) is 0 Å². The van der Waals surface area contributed by atoms with Crippen LogP contribution in [0, 0.1) is 0 Å². The first-order chi connectivity index (χ1) is 21.9. The third-order valence-electron chi connectivity index (χ3n) is 7.49. The van der Waals surface area contributed by atoms with Crippen LogP contribution in [0.25, 0.3) is 22.5 Å². The summed E-state index contributed by atoms with van der Waals surface area (Å²) >= 11 is 0. The van der Waals surface area contributed by atoms with E-state index in [-0.39, 0.29) is 18.8 Å². The van der Waals surface area contributed by atoms with E-state index in [4.69, 9.17) is 4.74 Å². The number of amides is 2. The van der Waals surface area contributed by atoms with E-state index in [2.05, 4.69) is 45.0 Å². The van der Waals surface area contributed by atoms with Gasteiger partial charge in [-0.1, -0.05) is 91.9 Å². The predicted octanol–water partition coefficient (Wildman–Crippen LogP) is 5.69. The van der Waals surface area contributed by atoms with Gasteiger partial charge in [0.2, 0.25) is 5.82 Å². The Morgan fingerprint density at radius 3 is 2.02 bits per heavy atom. The fourth-order valence-corrected chi connectivity index (χ4v) is 5.06. The van der Waals surface area contributed by atoms with Crippen LogP contribution in [0.1, 0.15) is 36.1 Å². The number of urea groups is 1. The summed E-state index contributed by atoms with van der Waals surface area (Å²) in [7, 11) is 0. The summed E-state index contributed by atoms with van der Waals surface area (Å²) < 4.78 is 5.30. The highest BCUT2D eigenvalue weighted by molar-refractivity contribution is 5.84. The summed E-state index contributed by atoms with van der Waals surface area (Å²) in [6, 6.07) is 29.3. The van der Waals surface area contributed by atoms with Crippen molar-refractivity contribution >= 4 is 12.0 Å². The van der Waals surface area contributed by atoms with Gasteiger partial charge in [-0.2, -0.15) is 5.21 Å². The Hall–Kier alpha value is -5.51. The van der Waals surface area contributed by atoms with Crippen LogP contribution in [0.5, 0.6) is 5.75 Å². The molecular weight excluding hydrogens is 568 g/mol. The molecule has 1 heterocycles. The zero-order chi connectivity index (χ0) is 31.6. The van der Waals surface area contributed by atoms with Crippen LogP contribution in [0.4, 0.5) is 4.79 Å². The number of aromatic nitrogens is 4. The zero-order valence-corrected chi connectivity index (χ0v) is 25.3. The molecule has 10 nitrogen and oxygen atoms in total. The van der Waals surface area contributed by atoms with Crippen molar-refractivity contribution in [2.45, 2.75) is 45.8 Å². The van der Waals surface area contributed by atoms with E-state index in [1.165, 1.54) is 5.56 Å². The first-order valence-corrected chi connectivity index (χ1v) is 14.9. The Kier molecular flexibility index (Phi) is 10.2. The van der Waals surface area contributed by atoms with Crippen molar-refractivity contribution in [1.29, 1.82) is 0 Å². The standard InChI is InChI=1S/C35H36N6O4/c1-3-24-9-11-26(12-10-24)22-41(35(44)36-32(34(43)45-4-2)21-25-15-19-29(42)20-16-25)23-27-13-17-28(18-14-27)30-7-5-6-8-31(30)33-37-39-40-38-33/h5-20,32,42H,3-4,21-23H2,1-2H3,(H,36,44)(H,37,38,39,40). The molecule has 0 aliphatic rings. The van der Waals surface area contributed by atoms with E-state index in [1.54, 1.807) is 36.1 Å². The molecule has 0 aliphatic carbocycles. The first kappa shape index (κ1) is 30.9. The number of nitrogens with zero attached hydrogens (tertiary/aromatic N) is 4. The number of esters is 1. The number of benzene rings is 4. The highest BCUT2D eigenvalue weighted by Gasteiger charge is 2.26. The lowest BCUT2D eigenvalue weighted by molar-refractivity contribution is -0.145. The lowest BCUT2D eigenvalue weighted by Gasteiger charge is -2.26. The maximum Gasteiger partial charge on any atom is 0.329 e. The largest absolute Gasteiger partial charge is 0.508 e. The summed E-state index contributed by atoms with van der Waals surface area (Å²) in [5.74, 6) is 0.117. The quantitative estimate of drug-likeness (QED) is 0.156. The molecule has 230 valence electrons. The van der Waals surface area contributed by atoms with Crippen molar-refractivity contribution in [3.63, 3.8) is 0 Å². The molecule has 0 spiro atoms. The smallest absolute Gasteiger partial charge is 0.329 e. The molecule has 0 saturated carbocycles. The van der Waals surface area contributed by atoms with Gasteiger partial charge in [-0.25, -0.2) is 9.59 Å². The Labute approximate surface area is 262 Å². The molecule has 0 bridgehead atoms. The molecule has 3 N–H and O–H groups in total. The Morgan fingerprint density at radius 2 is 1.42 bits per heavy atom. The molecule has 1 atom stereocenters. The van der Waals surface area contributed by atoms with Crippen LogP contribution in [-0.2, 0) is 35.5 Å². The summed E-state index contributed by atoms with van der Waals surface area (Å²) in [6.07, 6.45) is 1.14. The minimum absolute atomic E-state index is 0.125. The van der Waals surface area contributed by atoms with Gasteiger partial charge in [0, 0.05) is 25.1 Å². The van der Waals surface area contributed by atoms with Gasteiger partial charge in [0.05, 0.1) is 6.61 Å². The molecule has 0 saturated heterocycles. The molecular formula is C35H36N6O4. The van der Waals surface area contributed by atoms with Crippen molar-refractivity contribution in [2.75, 3.05) is 6.61 Å². The number of H-pyrrole nitrogens is 1. The Balaban J connectivity index is 1.38. The number of ether oxygens (including phenoxy) is 1. The van der Waals surface area contributed by atoms with Crippen molar-refractivity contribution < 1.29 is 19.4 Å². The molecule has 45 heavy (non-hydrogen) atoms. The predicted molar refractivity (Wildman–Crippen MR) is 171 cm³/mol. The number of phenolic OH excluding ortho intramolecular Hbond substituents is 1. The van der Waals surface area contributed by atoms with E-state index in [1.807, 2.05) is 60.7 Å². The number of hydrogen-bond donors (Lipinski definition) is 3. The topological polar surface area (TPSA) is 133 Å². The molecule has 2 amide bonds. The van der Waals surface area contributed by atoms with Crippen molar-refractivity contribution in [3.8, 4) is 28.3 Å². The maximum absolute atomic E-state index is 13.8. The van der Waals surface area contributed by atoms with Crippen LogP contribution in [0.15, 0.2) is 97.1 Å². The van der Waals surface area contributed by atoms with E-state index in [0.717, 1.165) is 39.8 Å². The first-order valence-electron chi connectivity index (χ1n) is 14.9.